The van der Waals surface area contributed by atoms with E-state index < -0.39 is 0 Å². The molecule has 4 heteroatoms. The molecule has 0 bridgehead atoms. The summed E-state index contributed by atoms with van der Waals surface area (Å²) in [7, 11) is 4.01. The monoisotopic (exact) mass is 346 g/mol. The van der Waals surface area contributed by atoms with Crippen molar-refractivity contribution in [3.05, 3.63) is 70.5 Å². The van der Waals surface area contributed by atoms with Gasteiger partial charge in [-0.2, -0.15) is 0 Å². The zero-order chi connectivity index (χ0) is 18.1. The minimum absolute atomic E-state index is 0.0550. The van der Waals surface area contributed by atoms with Gasteiger partial charge in [-0.05, 0) is 41.1 Å². The van der Waals surface area contributed by atoms with Gasteiger partial charge >= 0.3 is 0 Å². The summed E-state index contributed by atoms with van der Waals surface area (Å²) < 4.78 is 5.38. The van der Waals surface area contributed by atoms with Crippen LogP contribution in [0.2, 0.25) is 0 Å². The van der Waals surface area contributed by atoms with E-state index in [0.29, 0.717) is 6.61 Å². The van der Waals surface area contributed by atoms with Gasteiger partial charge in [-0.25, -0.2) is 0 Å². The summed E-state index contributed by atoms with van der Waals surface area (Å²) in [5.41, 5.74) is 5.23. The zero-order valence-electron chi connectivity index (χ0n) is 15.1. The lowest BCUT2D eigenvalue weighted by molar-refractivity contribution is 0.161. The molecule has 0 amide bonds. The maximum absolute atomic E-state index is 12.8. The van der Waals surface area contributed by atoms with Crippen LogP contribution in [0.1, 0.15) is 12.0 Å². The molecule has 0 fully saturated rings. The Morgan fingerprint density at radius 1 is 1.08 bits per heavy atom. The lowest BCUT2D eigenvalue weighted by atomic mass is 9.98. The lowest BCUT2D eigenvalue weighted by Crippen LogP contribution is -2.12. The van der Waals surface area contributed by atoms with E-state index >= 15 is 0 Å². The summed E-state index contributed by atoms with van der Waals surface area (Å²) in [4.78, 5) is 17.9. The Balaban J connectivity index is 1.84. The molecule has 0 spiro atoms. The van der Waals surface area contributed by atoms with Gasteiger partial charge in [0.2, 0.25) is 0 Å². The van der Waals surface area contributed by atoms with Crippen molar-refractivity contribution >= 4 is 22.0 Å². The highest BCUT2D eigenvalue weighted by Gasteiger charge is 2.12. The molecule has 3 aromatic rings. The molecule has 26 heavy (non-hydrogen) atoms. The molecule has 0 aliphatic carbocycles. The highest BCUT2D eigenvalue weighted by molar-refractivity contribution is 5.89. The second kappa shape index (κ2) is 6.81. The van der Waals surface area contributed by atoms with E-state index in [2.05, 4.69) is 34.2 Å². The summed E-state index contributed by atoms with van der Waals surface area (Å²) in [6.07, 6.45) is 2.98. The van der Waals surface area contributed by atoms with Crippen molar-refractivity contribution in [1.82, 2.24) is 4.98 Å². The Hall–Kier alpha value is -2.85. The van der Waals surface area contributed by atoms with Crippen LogP contribution in [0.15, 0.2) is 59.4 Å². The highest BCUT2D eigenvalue weighted by Crippen LogP contribution is 2.30. The average molecular weight is 346 g/mol. The number of ether oxygens (including phenoxy) is 1. The summed E-state index contributed by atoms with van der Waals surface area (Å²) >= 11 is 0. The van der Waals surface area contributed by atoms with E-state index in [0.717, 1.165) is 46.3 Å². The molecule has 0 atom stereocenters. The fraction of sp³-hybridized carbons (Fsp3) is 0.227. The second-order valence-corrected chi connectivity index (χ2v) is 6.78. The van der Waals surface area contributed by atoms with Gasteiger partial charge in [0.05, 0.1) is 18.9 Å². The van der Waals surface area contributed by atoms with Crippen LogP contribution in [0.5, 0.6) is 0 Å². The number of benzene rings is 2. The van der Waals surface area contributed by atoms with E-state index in [1.165, 1.54) is 5.57 Å². The van der Waals surface area contributed by atoms with Gasteiger partial charge in [-0.15, -0.1) is 0 Å². The molecule has 4 nitrogen and oxygen atoms in total. The molecule has 4 rings (SSSR count). The number of aromatic amines is 1. The Morgan fingerprint density at radius 2 is 1.92 bits per heavy atom. The van der Waals surface area contributed by atoms with Crippen molar-refractivity contribution in [3.8, 4) is 11.3 Å². The van der Waals surface area contributed by atoms with Gasteiger partial charge in [0, 0.05) is 30.7 Å². The largest absolute Gasteiger partial charge is 0.377 e. The molecule has 2 heterocycles. The predicted molar refractivity (Wildman–Crippen MR) is 108 cm³/mol. The molecule has 1 N–H and O–H groups in total. The Labute approximate surface area is 152 Å². The van der Waals surface area contributed by atoms with Gasteiger partial charge in [-0.1, -0.05) is 36.4 Å². The number of anilines is 1. The van der Waals surface area contributed by atoms with Crippen molar-refractivity contribution < 1.29 is 4.74 Å². The van der Waals surface area contributed by atoms with Crippen molar-refractivity contribution in [2.75, 3.05) is 32.2 Å². The first-order chi connectivity index (χ1) is 12.6. The van der Waals surface area contributed by atoms with Gasteiger partial charge in [-0.3, -0.25) is 4.79 Å². The second-order valence-electron chi connectivity index (χ2n) is 6.78. The molecular formula is C22H22N2O2. The minimum Gasteiger partial charge on any atom is -0.377 e. The van der Waals surface area contributed by atoms with Crippen LogP contribution in [0.3, 0.4) is 0 Å². The first-order valence-corrected chi connectivity index (χ1v) is 8.84. The van der Waals surface area contributed by atoms with Gasteiger partial charge in [0.25, 0.3) is 5.56 Å². The lowest BCUT2D eigenvalue weighted by Gasteiger charge is -2.18. The van der Waals surface area contributed by atoms with Crippen LogP contribution < -0.4 is 10.5 Å². The molecule has 1 aliphatic rings. The summed E-state index contributed by atoms with van der Waals surface area (Å²) in [6.45, 7) is 1.38. The average Bonchev–Trinajstić information content (AvgIpc) is 2.68. The molecule has 1 aromatic heterocycles. The van der Waals surface area contributed by atoms with Crippen LogP contribution in [0, 0.1) is 0 Å². The number of fused-ring (bicyclic) bond motifs is 1. The van der Waals surface area contributed by atoms with Crippen LogP contribution in [-0.2, 0) is 4.74 Å². The van der Waals surface area contributed by atoms with Crippen molar-refractivity contribution in [2.24, 2.45) is 0 Å². The fourth-order valence-corrected chi connectivity index (χ4v) is 3.49. The third-order valence-corrected chi connectivity index (χ3v) is 4.86. The third-order valence-electron chi connectivity index (χ3n) is 4.86. The first kappa shape index (κ1) is 16.6. The maximum Gasteiger partial charge on any atom is 0.256 e. The number of pyridine rings is 1. The van der Waals surface area contributed by atoms with Crippen molar-refractivity contribution in [3.63, 3.8) is 0 Å². The maximum atomic E-state index is 12.8. The van der Waals surface area contributed by atoms with Crippen molar-refractivity contribution in [1.29, 1.82) is 0 Å². The van der Waals surface area contributed by atoms with E-state index in [-0.39, 0.29) is 5.56 Å². The molecule has 0 unspecified atom stereocenters. The van der Waals surface area contributed by atoms with E-state index in [1.807, 2.05) is 44.4 Å². The van der Waals surface area contributed by atoms with E-state index in [9.17, 15) is 4.79 Å². The predicted octanol–water partition coefficient (Wildman–Crippen LogP) is 4.06. The fourth-order valence-electron chi connectivity index (χ4n) is 3.49. The number of para-hydroxylation sites is 1. The summed E-state index contributed by atoms with van der Waals surface area (Å²) in [5.74, 6) is 0. The quantitative estimate of drug-likeness (QED) is 0.778. The van der Waals surface area contributed by atoms with Gasteiger partial charge in [0.15, 0.2) is 0 Å². The molecule has 0 radical (unpaired) electrons. The standard InChI is InChI=1S/C22H22N2O2/c1-24(2)21-6-4-3-5-18(21)20-14-17-8-7-16(13-19(17)22(25)23-20)15-9-11-26-12-10-15/h3-9,13-14H,10-12H2,1-2H3,(H,23,25). The zero-order valence-corrected chi connectivity index (χ0v) is 15.1. The van der Waals surface area contributed by atoms with E-state index in [4.69, 9.17) is 4.74 Å². The summed E-state index contributed by atoms with van der Waals surface area (Å²) in [6, 6.07) is 16.3. The molecular weight excluding hydrogens is 324 g/mol. The van der Waals surface area contributed by atoms with Crippen LogP contribution in [0.4, 0.5) is 5.69 Å². The number of rotatable bonds is 3. The third kappa shape index (κ3) is 3.04. The van der Waals surface area contributed by atoms with Gasteiger partial charge in [0.1, 0.15) is 0 Å². The smallest absolute Gasteiger partial charge is 0.256 e. The van der Waals surface area contributed by atoms with Crippen LogP contribution >= 0.6 is 0 Å². The number of aromatic nitrogens is 1. The number of hydrogen-bond acceptors (Lipinski definition) is 3. The van der Waals surface area contributed by atoms with E-state index in [1.54, 1.807) is 0 Å². The number of nitrogens with zero attached hydrogens (tertiary/aromatic N) is 1. The van der Waals surface area contributed by atoms with Crippen LogP contribution in [0.25, 0.3) is 27.6 Å². The normalized spacial score (nSPS) is 14.3. The van der Waals surface area contributed by atoms with Crippen LogP contribution in [-0.4, -0.2) is 32.3 Å². The Bertz CT molecular complexity index is 1050. The number of hydrogen-bond donors (Lipinski definition) is 1. The highest BCUT2D eigenvalue weighted by atomic mass is 16.5. The summed E-state index contributed by atoms with van der Waals surface area (Å²) in [5, 5.41) is 1.68. The Kier molecular flexibility index (Phi) is 4.35. The molecule has 0 saturated carbocycles. The molecule has 132 valence electrons. The molecule has 1 aliphatic heterocycles. The minimum atomic E-state index is -0.0550. The number of nitrogens with one attached hydrogen (secondary N) is 1. The Morgan fingerprint density at radius 3 is 2.69 bits per heavy atom. The van der Waals surface area contributed by atoms with Gasteiger partial charge < -0.3 is 14.6 Å². The SMILES string of the molecule is CN(C)c1ccccc1-c1cc2ccc(C3=CCOCC3)cc2c(=O)[nH]1. The number of H-pyrrole nitrogens is 1. The topological polar surface area (TPSA) is 45.3 Å². The molecule has 0 saturated heterocycles. The first-order valence-electron chi connectivity index (χ1n) is 8.84. The molecule has 2 aromatic carbocycles. The van der Waals surface area contributed by atoms with Crippen molar-refractivity contribution in [2.45, 2.75) is 6.42 Å².